The van der Waals surface area contributed by atoms with Gasteiger partial charge in [-0.3, -0.25) is 14.3 Å². The molecule has 0 unspecified atom stereocenters. The first-order valence-corrected chi connectivity index (χ1v) is 8.91. The number of ketones is 1. The summed E-state index contributed by atoms with van der Waals surface area (Å²) in [6.45, 7) is 0.127. The first-order valence-electron chi connectivity index (χ1n) is 8.91. The van der Waals surface area contributed by atoms with E-state index in [1.165, 1.54) is 10.8 Å². The van der Waals surface area contributed by atoms with E-state index < -0.39 is 0 Å². The van der Waals surface area contributed by atoms with Gasteiger partial charge in [0.1, 0.15) is 6.54 Å². The van der Waals surface area contributed by atoms with Crippen molar-refractivity contribution in [1.82, 2.24) is 9.78 Å². The fraction of sp³-hybridized carbons (Fsp3) is 0.136. The number of aromatic nitrogens is 2. The van der Waals surface area contributed by atoms with E-state index in [1.54, 1.807) is 75.2 Å². The number of hydrogen-bond acceptors (Lipinski definition) is 5. The third kappa shape index (κ3) is 5.32. The molecule has 0 saturated carbocycles. The van der Waals surface area contributed by atoms with Gasteiger partial charge in [-0.1, -0.05) is 12.1 Å². The third-order valence-corrected chi connectivity index (χ3v) is 4.15. The lowest BCUT2D eigenvalue weighted by Crippen LogP contribution is -2.18. The lowest BCUT2D eigenvalue weighted by Gasteiger charge is -2.07. The van der Waals surface area contributed by atoms with Gasteiger partial charge in [-0.2, -0.15) is 5.10 Å². The second-order valence-corrected chi connectivity index (χ2v) is 6.14. The number of nitrogens with zero attached hydrogens (tertiary/aromatic N) is 2. The van der Waals surface area contributed by atoms with E-state index in [1.807, 2.05) is 6.07 Å². The summed E-state index contributed by atoms with van der Waals surface area (Å²) in [5.74, 6) is 0.883. The number of benzene rings is 2. The molecule has 0 aliphatic rings. The van der Waals surface area contributed by atoms with Crippen LogP contribution in [0.15, 0.2) is 67.0 Å². The van der Waals surface area contributed by atoms with Crippen molar-refractivity contribution < 1.29 is 19.1 Å². The highest BCUT2D eigenvalue weighted by molar-refractivity contribution is 6.07. The summed E-state index contributed by atoms with van der Waals surface area (Å²) < 4.78 is 12.0. The van der Waals surface area contributed by atoms with Crippen LogP contribution >= 0.6 is 0 Å². The van der Waals surface area contributed by atoms with E-state index in [0.29, 0.717) is 22.7 Å². The number of carbonyl (C=O) groups is 2. The van der Waals surface area contributed by atoms with Gasteiger partial charge in [0.15, 0.2) is 17.3 Å². The molecule has 2 aromatic carbocycles. The highest BCUT2D eigenvalue weighted by Gasteiger charge is 2.07. The number of amides is 1. The van der Waals surface area contributed by atoms with E-state index in [9.17, 15) is 9.59 Å². The minimum Gasteiger partial charge on any atom is -0.493 e. The second kappa shape index (κ2) is 9.36. The summed E-state index contributed by atoms with van der Waals surface area (Å²) in [7, 11) is 3.13. The molecule has 0 aliphatic carbocycles. The standard InChI is InChI=1S/C22H21N3O4/c1-28-20-11-5-16(14-21(20)29-2)4-10-19(26)17-6-8-18(9-7-17)24-22(27)15-25-13-3-12-23-25/h3-14H,15H2,1-2H3,(H,24,27)/b10-4+. The fourth-order valence-electron chi connectivity index (χ4n) is 2.68. The molecule has 3 aromatic rings. The van der Waals surface area contributed by atoms with E-state index in [4.69, 9.17) is 9.47 Å². The maximum absolute atomic E-state index is 12.4. The van der Waals surface area contributed by atoms with Gasteiger partial charge in [0.25, 0.3) is 0 Å². The molecule has 0 spiro atoms. The molecule has 1 N–H and O–H groups in total. The number of allylic oxidation sites excluding steroid dienone is 1. The molecule has 0 bridgehead atoms. The summed E-state index contributed by atoms with van der Waals surface area (Å²) in [6, 6.07) is 13.9. The molecular weight excluding hydrogens is 370 g/mol. The molecule has 7 heteroatoms. The molecule has 148 valence electrons. The number of carbonyl (C=O) groups excluding carboxylic acids is 2. The normalized spacial score (nSPS) is 10.7. The molecule has 0 fully saturated rings. The number of nitrogens with one attached hydrogen (secondary N) is 1. The molecule has 29 heavy (non-hydrogen) atoms. The third-order valence-electron chi connectivity index (χ3n) is 4.15. The smallest absolute Gasteiger partial charge is 0.246 e. The van der Waals surface area contributed by atoms with Crippen LogP contribution in [0.5, 0.6) is 11.5 Å². The Bertz CT molecular complexity index is 1010. The summed E-state index contributed by atoms with van der Waals surface area (Å²) >= 11 is 0. The molecule has 1 amide bonds. The van der Waals surface area contributed by atoms with Crippen molar-refractivity contribution in [3.05, 3.63) is 78.1 Å². The van der Waals surface area contributed by atoms with E-state index in [0.717, 1.165) is 5.56 Å². The van der Waals surface area contributed by atoms with Gasteiger partial charge in [-0.15, -0.1) is 0 Å². The summed E-state index contributed by atoms with van der Waals surface area (Å²) in [6.07, 6.45) is 6.53. The Kier molecular flexibility index (Phi) is 6.42. The largest absolute Gasteiger partial charge is 0.493 e. The van der Waals surface area contributed by atoms with E-state index in [2.05, 4.69) is 10.4 Å². The highest BCUT2D eigenvalue weighted by Crippen LogP contribution is 2.28. The fourth-order valence-corrected chi connectivity index (χ4v) is 2.68. The SMILES string of the molecule is COc1ccc(/C=C/C(=O)c2ccc(NC(=O)Cn3cccn3)cc2)cc1OC. The quantitative estimate of drug-likeness (QED) is 0.470. The summed E-state index contributed by atoms with van der Waals surface area (Å²) in [5.41, 5.74) is 1.95. The minimum atomic E-state index is -0.193. The molecule has 0 aliphatic heterocycles. The molecule has 0 radical (unpaired) electrons. The van der Waals surface area contributed by atoms with Crippen molar-refractivity contribution in [3.63, 3.8) is 0 Å². The molecule has 3 rings (SSSR count). The predicted molar refractivity (Wildman–Crippen MR) is 110 cm³/mol. The Labute approximate surface area is 168 Å². The minimum absolute atomic E-state index is 0.127. The first-order chi connectivity index (χ1) is 14.1. The number of ether oxygens (including phenoxy) is 2. The molecule has 1 heterocycles. The highest BCUT2D eigenvalue weighted by atomic mass is 16.5. The maximum Gasteiger partial charge on any atom is 0.246 e. The zero-order valence-electron chi connectivity index (χ0n) is 16.2. The predicted octanol–water partition coefficient (Wildman–Crippen LogP) is 3.44. The Balaban J connectivity index is 1.61. The Morgan fingerprint density at radius 2 is 1.83 bits per heavy atom. The number of methoxy groups -OCH3 is 2. The molecular formula is C22H21N3O4. The number of rotatable bonds is 8. The van der Waals surface area contributed by atoms with Gasteiger partial charge in [0.05, 0.1) is 14.2 Å². The van der Waals surface area contributed by atoms with Gasteiger partial charge in [-0.25, -0.2) is 0 Å². The van der Waals surface area contributed by atoms with E-state index in [-0.39, 0.29) is 18.2 Å². The zero-order chi connectivity index (χ0) is 20.6. The van der Waals surface area contributed by atoms with Crippen molar-refractivity contribution in [1.29, 1.82) is 0 Å². The van der Waals surface area contributed by atoms with Crippen molar-refractivity contribution >= 4 is 23.5 Å². The number of anilines is 1. The van der Waals surface area contributed by atoms with Crippen LogP contribution in [0.3, 0.4) is 0 Å². The second-order valence-electron chi connectivity index (χ2n) is 6.14. The van der Waals surface area contributed by atoms with Crippen molar-refractivity contribution in [2.45, 2.75) is 6.54 Å². The van der Waals surface area contributed by atoms with Gasteiger partial charge in [0.2, 0.25) is 5.91 Å². The van der Waals surface area contributed by atoms with Crippen LogP contribution in [-0.2, 0) is 11.3 Å². The lowest BCUT2D eigenvalue weighted by atomic mass is 10.1. The molecule has 1 aromatic heterocycles. The van der Waals surface area contributed by atoms with Crippen molar-refractivity contribution in [3.8, 4) is 11.5 Å². The van der Waals surface area contributed by atoms with Gasteiger partial charge in [-0.05, 0) is 54.1 Å². The Morgan fingerprint density at radius 3 is 2.48 bits per heavy atom. The van der Waals surface area contributed by atoms with Crippen molar-refractivity contribution in [2.75, 3.05) is 19.5 Å². The molecule has 0 saturated heterocycles. The first kappa shape index (κ1) is 19.9. The van der Waals surface area contributed by atoms with Crippen LogP contribution in [0, 0.1) is 0 Å². The monoisotopic (exact) mass is 391 g/mol. The van der Waals surface area contributed by atoms with Crippen LogP contribution in [0.2, 0.25) is 0 Å². The number of hydrogen-bond donors (Lipinski definition) is 1. The topological polar surface area (TPSA) is 82.5 Å². The molecule has 7 nitrogen and oxygen atoms in total. The van der Waals surface area contributed by atoms with Gasteiger partial charge in [0, 0.05) is 23.6 Å². The zero-order valence-corrected chi connectivity index (χ0v) is 16.2. The van der Waals surface area contributed by atoms with Gasteiger partial charge < -0.3 is 14.8 Å². The van der Waals surface area contributed by atoms with Crippen LogP contribution in [0.4, 0.5) is 5.69 Å². The molecule has 0 atom stereocenters. The van der Waals surface area contributed by atoms with Crippen LogP contribution < -0.4 is 14.8 Å². The Hall–Kier alpha value is -3.87. The van der Waals surface area contributed by atoms with Crippen LogP contribution in [0.25, 0.3) is 6.08 Å². The lowest BCUT2D eigenvalue weighted by molar-refractivity contribution is -0.116. The van der Waals surface area contributed by atoms with E-state index >= 15 is 0 Å². The average Bonchev–Trinajstić information content (AvgIpc) is 3.25. The average molecular weight is 391 g/mol. The summed E-state index contributed by atoms with van der Waals surface area (Å²) in [5, 5.41) is 6.76. The summed E-state index contributed by atoms with van der Waals surface area (Å²) in [4.78, 5) is 24.4. The van der Waals surface area contributed by atoms with Crippen LogP contribution in [-0.4, -0.2) is 35.7 Å². The maximum atomic E-state index is 12.4. The van der Waals surface area contributed by atoms with Crippen molar-refractivity contribution in [2.24, 2.45) is 0 Å². The van der Waals surface area contributed by atoms with Gasteiger partial charge >= 0.3 is 0 Å². The van der Waals surface area contributed by atoms with Crippen LogP contribution in [0.1, 0.15) is 15.9 Å². The Morgan fingerprint density at radius 1 is 1.07 bits per heavy atom.